The van der Waals surface area contributed by atoms with Crippen molar-refractivity contribution < 1.29 is 27.3 Å². The van der Waals surface area contributed by atoms with E-state index >= 15 is 0 Å². The smallest absolute Gasteiger partial charge is 0.291 e. The van der Waals surface area contributed by atoms with Crippen LogP contribution in [0, 0.1) is 29.1 Å². The first kappa shape index (κ1) is 26.1. The zero-order chi connectivity index (χ0) is 26.4. The highest BCUT2D eigenvalue weighted by Crippen LogP contribution is 2.53. The topological polar surface area (TPSA) is 128 Å². The van der Waals surface area contributed by atoms with Gasteiger partial charge in [-0.15, -0.1) is 0 Å². The van der Waals surface area contributed by atoms with E-state index in [0.717, 1.165) is 23.0 Å². The third kappa shape index (κ3) is 5.82. The van der Waals surface area contributed by atoms with E-state index in [1.807, 2.05) is 35.1 Å². The molecule has 4 fully saturated rings. The molecule has 9 nitrogen and oxygen atoms in total. The lowest BCUT2D eigenvalue weighted by molar-refractivity contribution is -0.128. The van der Waals surface area contributed by atoms with Crippen LogP contribution in [-0.2, 0) is 14.8 Å². The number of rotatable bonds is 9. The number of aromatic nitrogens is 1. The quantitative estimate of drug-likeness (QED) is 0.484. The van der Waals surface area contributed by atoms with Crippen LogP contribution in [0.3, 0.4) is 0 Å². The SMILES string of the molecule is CC(C)(COc1noc(C(=O)NC2C3CC4CC(C3)CC2C4)c1Sc1ccccc1)C(=O)NS(C)(=O)=O. The average Bonchev–Trinajstić information content (AvgIpc) is 3.21. The molecule has 1 aromatic carbocycles. The van der Waals surface area contributed by atoms with Crippen LogP contribution >= 0.6 is 11.8 Å². The van der Waals surface area contributed by atoms with E-state index in [1.165, 1.54) is 43.9 Å². The maximum absolute atomic E-state index is 13.5. The summed E-state index contributed by atoms with van der Waals surface area (Å²) in [7, 11) is -3.71. The molecule has 4 aliphatic carbocycles. The van der Waals surface area contributed by atoms with Crippen molar-refractivity contribution in [1.82, 2.24) is 15.2 Å². The second-order valence-corrected chi connectivity index (χ2v) is 14.2. The Kier molecular flexibility index (Phi) is 7.04. The van der Waals surface area contributed by atoms with Crippen molar-refractivity contribution >= 4 is 33.6 Å². The summed E-state index contributed by atoms with van der Waals surface area (Å²) in [5.41, 5.74) is -1.18. The van der Waals surface area contributed by atoms with Crippen molar-refractivity contribution in [3.05, 3.63) is 36.1 Å². The largest absolute Gasteiger partial charge is 0.474 e. The Labute approximate surface area is 221 Å². The maximum Gasteiger partial charge on any atom is 0.291 e. The lowest BCUT2D eigenvalue weighted by Gasteiger charge is -2.54. The van der Waals surface area contributed by atoms with E-state index in [1.54, 1.807) is 13.8 Å². The minimum Gasteiger partial charge on any atom is -0.474 e. The number of nitrogens with one attached hydrogen (secondary N) is 2. The number of hydrogen-bond acceptors (Lipinski definition) is 8. The molecule has 0 aliphatic heterocycles. The molecule has 4 bridgehead atoms. The van der Waals surface area contributed by atoms with Crippen molar-refractivity contribution in [1.29, 1.82) is 0 Å². The monoisotopic (exact) mass is 547 g/mol. The molecule has 2 amide bonds. The van der Waals surface area contributed by atoms with Gasteiger partial charge >= 0.3 is 0 Å². The second kappa shape index (κ2) is 9.98. The summed E-state index contributed by atoms with van der Waals surface area (Å²) in [6.45, 7) is 2.97. The number of nitrogens with zero attached hydrogens (tertiary/aromatic N) is 1. The molecule has 4 aliphatic rings. The molecule has 2 aromatic rings. The van der Waals surface area contributed by atoms with Gasteiger partial charge < -0.3 is 14.6 Å². The van der Waals surface area contributed by atoms with Gasteiger partial charge in [-0.1, -0.05) is 30.0 Å². The fraction of sp³-hybridized carbons (Fsp3) is 0.577. The standard InChI is InChI=1S/C26H33N3O6S2/c1-26(2,25(31)29-37(3,32)33)14-34-24-22(36-19-7-5-4-6-8-19)21(35-28-24)23(30)27-20-17-10-15-9-16(12-17)13-18(20)11-15/h4-8,15-18,20H,9-14H2,1-3H3,(H,27,30)(H,29,31). The van der Waals surface area contributed by atoms with E-state index in [-0.39, 0.29) is 30.2 Å². The van der Waals surface area contributed by atoms with Crippen LogP contribution in [-0.4, -0.2) is 44.3 Å². The predicted octanol–water partition coefficient (Wildman–Crippen LogP) is 3.86. The molecule has 37 heavy (non-hydrogen) atoms. The zero-order valence-electron chi connectivity index (χ0n) is 21.2. The Morgan fingerprint density at radius 3 is 2.30 bits per heavy atom. The summed E-state index contributed by atoms with van der Waals surface area (Å²) in [4.78, 5) is 27.2. The van der Waals surface area contributed by atoms with Gasteiger partial charge in [0.05, 0.1) is 11.7 Å². The molecule has 0 radical (unpaired) electrons. The van der Waals surface area contributed by atoms with Crippen molar-refractivity contribution in [3.63, 3.8) is 0 Å². The molecule has 0 spiro atoms. The van der Waals surface area contributed by atoms with Gasteiger partial charge in [0, 0.05) is 10.9 Å². The minimum atomic E-state index is -3.71. The average molecular weight is 548 g/mol. The summed E-state index contributed by atoms with van der Waals surface area (Å²) in [6.07, 6.45) is 6.98. The molecule has 0 atom stereocenters. The fourth-order valence-electron chi connectivity index (χ4n) is 6.20. The summed E-state index contributed by atoms with van der Waals surface area (Å²) in [5.74, 6) is 1.78. The first-order valence-corrected chi connectivity index (χ1v) is 15.4. The van der Waals surface area contributed by atoms with E-state index < -0.39 is 21.3 Å². The summed E-state index contributed by atoms with van der Waals surface area (Å²) < 4.78 is 36.4. The third-order valence-corrected chi connectivity index (χ3v) is 9.40. The van der Waals surface area contributed by atoms with Crippen LogP contribution in [0.25, 0.3) is 0 Å². The van der Waals surface area contributed by atoms with E-state index in [0.29, 0.717) is 16.7 Å². The molecular formula is C26H33N3O6S2. The van der Waals surface area contributed by atoms with Crippen LogP contribution in [0.4, 0.5) is 0 Å². The van der Waals surface area contributed by atoms with E-state index in [4.69, 9.17) is 9.26 Å². The zero-order valence-corrected chi connectivity index (χ0v) is 22.9. The molecule has 0 unspecified atom stereocenters. The summed E-state index contributed by atoms with van der Waals surface area (Å²) >= 11 is 1.30. The molecule has 1 aromatic heterocycles. The van der Waals surface area contributed by atoms with E-state index in [9.17, 15) is 18.0 Å². The Morgan fingerprint density at radius 2 is 1.70 bits per heavy atom. The Balaban J connectivity index is 1.35. The van der Waals surface area contributed by atoms with Gasteiger partial charge in [-0.3, -0.25) is 14.3 Å². The lowest BCUT2D eigenvalue weighted by Crippen LogP contribution is -2.55. The van der Waals surface area contributed by atoms with Crippen LogP contribution in [0.15, 0.2) is 44.6 Å². The van der Waals surface area contributed by atoms with Gasteiger partial charge in [0.2, 0.25) is 21.7 Å². The summed E-state index contributed by atoms with van der Waals surface area (Å²) in [6, 6.07) is 9.64. The lowest BCUT2D eigenvalue weighted by atomic mass is 9.54. The molecule has 4 saturated carbocycles. The number of amides is 2. The predicted molar refractivity (Wildman–Crippen MR) is 138 cm³/mol. The molecule has 6 rings (SSSR count). The Morgan fingerprint density at radius 1 is 1.08 bits per heavy atom. The van der Waals surface area contributed by atoms with E-state index in [2.05, 4.69) is 10.5 Å². The van der Waals surface area contributed by atoms with Gasteiger partial charge in [-0.2, -0.15) is 0 Å². The van der Waals surface area contributed by atoms with Crippen LogP contribution in [0.5, 0.6) is 5.88 Å². The number of benzene rings is 1. The van der Waals surface area contributed by atoms with Gasteiger partial charge in [0.25, 0.3) is 11.8 Å². The van der Waals surface area contributed by atoms with Crippen LogP contribution in [0.2, 0.25) is 0 Å². The van der Waals surface area contributed by atoms with Crippen LogP contribution in [0.1, 0.15) is 56.5 Å². The van der Waals surface area contributed by atoms with Crippen LogP contribution < -0.4 is 14.8 Å². The number of sulfonamides is 1. The van der Waals surface area contributed by atoms with Crippen molar-refractivity contribution in [2.24, 2.45) is 29.1 Å². The van der Waals surface area contributed by atoms with Gasteiger partial charge in [0.1, 0.15) is 11.5 Å². The maximum atomic E-state index is 13.5. The molecule has 11 heteroatoms. The van der Waals surface area contributed by atoms with Gasteiger partial charge in [-0.25, -0.2) is 8.42 Å². The normalized spacial score (nSPS) is 26.6. The molecule has 1 heterocycles. The second-order valence-electron chi connectivity index (χ2n) is 11.4. The fourth-order valence-corrected chi connectivity index (χ4v) is 7.75. The first-order valence-electron chi connectivity index (χ1n) is 12.7. The highest BCUT2D eigenvalue weighted by Gasteiger charge is 2.49. The minimum absolute atomic E-state index is 0.0797. The first-order chi connectivity index (χ1) is 17.5. The van der Waals surface area contributed by atoms with Crippen molar-refractivity contribution in [2.45, 2.75) is 61.8 Å². The number of carbonyl (C=O) groups is 2. The summed E-state index contributed by atoms with van der Waals surface area (Å²) in [5, 5.41) is 7.29. The van der Waals surface area contributed by atoms with Crippen molar-refractivity contribution in [2.75, 3.05) is 12.9 Å². The van der Waals surface area contributed by atoms with Crippen molar-refractivity contribution in [3.8, 4) is 5.88 Å². The highest BCUT2D eigenvalue weighted by atomic mass is 32.2. The third-order valence-electron chi connectivity index (χ3n) is 7.78. The molecular weight excluding hydrogens is 514 g/mol. The van der Waals surface area contributed by atoms with Gasteiger partial charge in [0.15, 0.2) is 0 Å². The molecule has 2 N–H and O–H groups in total. The molecule has 0 saturated heterocycles. The number of carbonyl (C=O) groups excluding carboxylic acids is 2. The number of hydrogen-bond donors (Lipinski definition) is 2. The molecule has 200 valence electrons. The Bertz CT molecular complexity index is 1250. The van der Waals surface area contributed by atoms with Gasteiger partial charge in [-0.05, 0) is 86.9 Å². The number of ether oxygens (including phenoxy) is 1. The highest BCUT2D eigenvalue weighted by molar-refractivity contribution is 7.99. The Hall–Kier alpha value is -2.53.